The van der Waals surface area contributed by atoms with E-state index in [1.165, 1.54) is 0 Å². The number of aliphatic imine (C=N–C) groups is 1. The van der Waals surface area contributed by atoms with Crippen LogP contribution < -0.4 is 5.32 Å². The van der Waals surface area contributed by atoms with Crippen molar-refractivity contribution in [3.8, 4) is 0 Å². The zero-order chi connectivity index (χ0) is 9.97. The summed E-state index contributed by atoms with van der Waals surface area (Å²) in [6.45, 7) is 5.07. The van der Waals surface area contributed by atoms with Crippen molar-refractivity contribution < 1.29 is 0 Å². The SMILES string of the molecule is Cc1ccc(NC2=NCC(C)S2)cn1. The molecular weight excluding hydrogens is 194 g/mol. The fourth-order valence-electron chi connectivity index (χ4n) is 1.21. The number of hydrogen-bond acceptors (Lipinski definition) is 4. The maximum Gasteiger partial charge on any atom is 0.161 e. The number of pyridine rings is 1. The molecule has 1 unspecified atom stereocenters. The summed E-state index contributed by atoms with van der Waals surface area (Å²) >= 11 is 1.78. The van der Waals surface area contributed by atoms with E-state index in [-0.39, 0.29) is 0 Å². The molecule has 2 heterocycles. The third-order valence-electron chi connectivity index (χ3n) is 1.97. The van der Waals surface area contributed by atoms with Gasteiger partial charge in [-0.3, -0.25) is 9.98 Å². The van der Waals surface area contributed by atoms with E-state index < -0.39 is 0 Å². The second kappa shape index (κ2) is 4.00. The standard InChI is InChI=1S/C10H13N3S/c1-7-3-4-9(6-11-7)13-10-12-5-8(2)14-10/h3-4,6,8H,5H2,1-2H3,(H,12,13). The van der Waals surface area contributed by atoms with Crippen molar-refractivity contribution in [1.29, 1.82) is 0 Å². The molecule has 0 amide bonds. The van der Waals surface area contributed by atoms with Crippen LogP contribution in [-0.4, -0.2) is 21.9 Å². The van der Waals surface area contributed by atoms with Gasteiger partial charge in [0.1, 0.15) is 0 Å². The van der Waals surface area contributed by atoms with Gasteiger partial charge in [-0.2, -0.15) is 0 Å². The highest BCUT2D eigenvalue weighted by atomic mass is 32.2. The number of aryl methyl sites for hydroxylation is 1. The van der Waals surface area contributed by atoms with Crippen LogP contribution in [0.3, 0.4) is 0 Å². The van der Waals surface area contributed by atoms with E-state index in [4.69, 9.17) is 0 Å². The number of nitrogens with one attached hydrogen (secondary N) is 1. The number of amidine groups is 1. The Morgan fingerprint density at radius 2 is 2.36 bits per heavy atom. The molecule has 0 bridgehead atoms. The van der Waals surface area contributed by atoms with Crippen molar-refractivity contribution in [2.75, 3.05) is 11.9 Å². The molecule has 0 aromatic carbocycles. The van der Waals surface area contributed by atoms with E-state index >= 15 is 0 Å². The van der Waals surface area contributed by atoms with Gasteiger partial charge in [0.15, 0.2) is 5.17 Å². The van der Waals surface area contributed by atoms with Crippen LogP contribution in [0.2, 0.25) is 0 Å². The first kappa shape index (κ1) is 9.52. The van der Waals surface area contributed by atoms with Crippen molar-refractivity contribution in [2.24, 2.45) is 4.99 Å². The zero-order valence-corrected chi connectivity index (χ0v) is 9.14. The second-order valence-electron chi connectivity index (χ2n) is 3.39. The Morgan fingerprint density at radius 3 is 2.93 bits per heavy atom. The number of hydrogen-bond donors (Lipinski definition) is 1. The Kier molecular flexibility index (Phi) is 2.72. The Morgan fingerprint density at radius 1 is 1.50 bits per heavy atom. The average molecular weight is 207 g/mol. The van der Waals surface area contributed by atoms with E-state index in [2.05, 4.69) is 22.2 Å². The van der Waals surface area contributed by atoms with Crippen LogP contribution in [-0.2, 0) is 0 Å². The minimum Gasteiger partial charge on any atom is -0.334 e. The Balaban J connectivity index is 2.01. The predicted octanol–water partition coefficient (Wildman–Crippen LogP) is 2.29. The highest BCUT2D eigenvalue weighted by Crippen LogP contribution is 2.21. The van der Waals surface area contributed by atoms with Gasteiger partial charge in [-0.1, -0.05) is 18.7 Å². The molecule has 1 aliphatic heterocycles. The molecule has 0 fully saturated rings. The molecule has 0 radical (unpaired) electrons. The Labute approximate surface area is 88.0 Å². The molecule has 1 aliphatic rings. The number of aromatic nitrogens is 1. The van der Waals surface area contributed by atoms with Crippen LogP contribution in [0, 0.1) is 6.92 Å². The molecule has 2 rings (SSSR count). The minimum atomic E-state index is 0.593. The largest absolute Gasteiger partial charge is 0.334 e. The number of nitrogens with zero attached hydrogens (tertiary/aromatic N) is 2. The fourth-order valence-corrected chi connectivity index (χ4v) is 2.07. The molecular formula is C10H13N3S. The first-order chi connectivity index (χ1) is 6.74. The lowest BCUT2D eigenvalue weighted by Crippen LogP contribution is -2.06. The van der Waals surface area contributed by atoms with E-state index in [9.17, 15) is 0 Å². The molecule has 1 N–H and O–H groups in total. The summed E-state index contributed by atoms with van der Waals surface area (Å²) in [4.78, 5) is 8.59. The van der Waals surface area contributed by atoms with Gasteiger partial charge in [0.25, 0.3) is 0 Å². The van der Waals surface area contributed by atoms with Crippen molar-refractivity contribution in [3.05, 3.63) is 24.0 Å². The average Bonchev–Trinajstić information content (AvgIpc) is 2.56. The molecule has 1 aromatic rings. The summed E-state index contributed by atoms with van der Waals surface area (Å²) in [5, 5.41) is 4.85. The lowest BCUT2D eigenvalue weighted by molar-refractivity contribution is 0.976. The summed E-state index contributed by atoms with van der Waals surface area (Å²) < 4.78 is 0. The first-order valence-corrected chi connectivity index (χ1v) is 5.53. The van der Waals surface area contributed by atoms with E-state index in [1.54, 1.807) is 11.8 Å². The Bertz CT molecular complexity index is 345. The van der Waals surface area contributed by atoms with Crippen LogP contribution in [0.15, 0.2) is 23.3 Å². The summed E-state index contributed by atoms with van der Waals surface area (Å²) in [6.07, 6.45) is 1.83. The summed E-state index contributed by atoms with van der Waals surface area (Å²) in [7, 11) is 0. The van der Waals surface area contributed by atoms with Crippen LogP contribution in [0.4, 0.5) is 5.69 Å². The minimum absolute atomic E-state index is 0.593. The number of rotatable bonds is 1. The quantitative estimate of drug-likeness (QED) is 0.767. The third kappa shape index (κ3) is 2.26. The number of thioether (sulfide) groups is 1. The first-order valence-electron chi connectivity index (χ1n) is 4.65. The third-order valence-corrected chi connectivity index (χ3v) is 2.97. The van der Waals surface area contributed by atoms with E-state index in [0.29, 0.717) is 5.25 Å². The van der Waals surface area contributed by atoms with E-state index in [0.717, 1.165) is 23.1 Å². The highest BCUT2D eigenvalue weighted by molar-refractivity contribution is 8.15. The predicted molar refractivity (Wildman–Crippen MR) is 62.0 cm³/mol. The van der Waals surface area contributed by atoms with Crippen molar-refractivity contribution in [1.82, 2.24) is 4.98 Å². The molecule has 1 atom stereocenters. The Hall–Kier alpha value is -1.03. The number of anilines is 1. The smallest absolute Gasteiger partial charge is 0.161 e. The van der Waals surface area contributed by atoms with Crippen molar-refractivity contribution in [3.63, 3.8) is 0 Å². The highest BCUT2D eigenvalue weighted by Gasteiger charge is 2.14. The van der Waals surface area contributed by atoms with Crippen LogP contribution >= 0.6 is 11.8 Å². The molecule has 3 nitrogen and oxygen atoms in total. The molecule has 0 saturated carbocycles. The molecule has 4 heteroatoms. The van der Waals surface area contributed by atoms with Gasteiger partial charge >= 0.3 is 0 Å². The molecule has 0 spiro atoms. The molecule has 14 heavy (non-hydrogen) atoms. The molecule has 1 aromatic heterocycles. The van der Waals surface area contributed by atoms with Crippen molar-refractivity contribution in [2.45, 2.75) is 19.1 Å². The van der Waals surface area contributed by atoms with Crippen LogP contribution in [0.25, 0.3) is 0 Å². The summed E-state index contributed by atoms with van der Waals surface area (Å²) in [5.74, 6) is 0. The molecule has 74 valence electrons. The second-order valence-corrected chi connectivity index (χ2v) is 4.81. The molecule has 0 saturated heterocycles. The maximum absolute atomic E-state index is 4.38. The van der Waals surface area contributed by atoms with Crippen LogP contribution in [0.5, 0.6) is 0 Å². The van der Waals surface area contributed by atoms with Gasteiger partial charge in [0.2, 0.25) is 0 Å². The van der Waals surface area contributed by atoms with Gasteiger partial charge < -0.3 is 5.32 Å². The maximum atomic E-state index is 4.38. The van der Waals surface area contributed by atoms with Gasteiger partial charge in [-0.25, -0.2) is 0 Å². The topological polar surface area (TPSA) is 37.3 Å². The monoisotopic (exact) mass is 207 g/mol. The van der Waals surface area contributed by atoms with Gasteiger partial charge in [-0.15, -0.1) is 0 Å². The zero-order valence-electron chi connectivity index (χ0n) is 8.32. The van der Waals surface area contributed by atoms with Gasteiger partial charge in [0.05, 0.1) is 18.4 Å². The lowest BCUT2D eigenvalue weighted by Gasteiger charge is -2.05. The fraction of sp³-hybridized carbons (Fsp3) is 0.400. The van der Waals surface area contributed by atoms with Crippen molar-refractivity contribution >= 4 is 22.6 Å². The van der Waals surface area contributed by atoms with Crippen LogP contribution in [0.1, 0.15) is 12.6 Å². The van der Waals surface area contributed by atoms with Gasteiger partial charge in [-0.05, 0) is 19.1 Å². The molecule has 0 aliphatic carbocycles. The van der Waals surface area contributed by atoms with E-state index in [1.807, 2.05) is 25.3 Å². The summed E-state index contributed by atoms with van der Waals surface area (Å²) in [6, 6.07) is 4.01. The summed E-state index contributed by atoms with van der Waals surface area (Å²) in [5.41, 5.74) is 2.04. The van der Waals surface area contributed by atoms with Gasteiger partial charge in [0, 0.05) is 10.9 Å². The lowest BCUT2D eigenvalue weighted by atomic mass is 10.3. The normalized spacial score (nSPS) is 20.7.